The van der Waals surface area contributed by atoms with Crippen LogP contribution in [0.3, 0.4) is 0 Å². The molecule has 66 valence electrons. The van der Waals surface area contributed by atoms with Crippen LogP contribution >= 0.6 is 0 Å². The van der Waals surface area contributed by atoms with Gasteiger partial charge in [-0.15, -0.1) is 0 Å². The van der Waals surface area contributed by atoms with E-state index in [9.17, 15) is 13.6 Å². The lowest BCUT2D eigenvalue weighted by Crippen LogP contribution is -2.16. The van der Waals surface area contributed by atoms with Gasteiger partial charge in [-0.1, -0.05) is 0 Å². The first-order valence-electron chi connectivity index (χ1n) is 3.08. The molecular formula is C6H7F2N3O. The Morgan fingerprint density at radius 2 is 2.00 bits per heavy atom. The van der Waals surface area contributed by atoms with Crippen molar-refractivity contribution in [2.75, 3.05) is 11.5 Å². The number of nitrogen functional groups attached to an aromatic ring is 2. The van der Waals surface area contributed by atoms with Crippen LogP contribution in [0.5, 0.6) is 0 Å². The Labute approximate surface area is 66.2 Å². The molecule has 0 saturated heterocycles. The molecule has 0 unspecified atom stereocenters. The van der Waals surface area contributed by atoms with E-state index in [1.165, 1.54) is 0 Å². The lowest BCUT2D eigenvalue weighted by Gasteiger charge is -2.03. The molecule has 0 spiro atoms. The second kappa shape index (κ2) is 2.80. The molecule has 0 saturated carbocycles. The fourth-order valence-electron chi connectivity index (χ4n) is 0.757. The van der Waals surface area contributed by atoms with Crippen molar-refractivity contribution in [3.63, 3.8) is 0 Å². The summed E-state index contributed by atoms with van der Waals surface area (Å²) in [5, 5.41) is 0. The normalized spacial score (nSPS) is 10.6. The van der Waals surface area contributed by atoms with Crippen LogP contribution in [0.25, 0.3) is 0 Å². The van der Waals surface area contributed by atoms with E-state index >= 15 is 0 Å². The molecule has 0 atom stereocenters. The van der Waals surface area contributed by atoms with Crippen molar-refractivity contribution in [2.24, 2.45) is 0 Å². The third-order valence-corrected chi connectivity index (χ3v) is 1.40. The Bertz CT molecular complexity index is 347. The van der Waals surface area contributed by atoms with Gasteiger partial charge in [-0.25, -0.2) is 8.78 Å². The molecule has 5 N–H and O–H groups in total. The number of rotatable bonds is 1. The summed E-state index contributed by atoms with van der Waals surface area (Å²) in [6, 6.07) is 0. The van der Waals surface area contributed by atoms with Gasteiger partial charge in [0.05, 0.1) is 5.69 Å². The zero-order valence-electron chi connectivity index (χ0n) is 5.97. The lowest BCUT2D eigenvalue weighted by atomic mass is 10.3. The molecule has 0 amide bonds. The van der Waals surface area contributed by atoms with Gasteiger partial charge in [-0.2, -0.15) is 0 Å². The van der Waals surface area contributed by atoms with Gasteiger partial charge in [0.1, 0.15) is 11.4 Å². The first-order valence-corrected chi connectivity index (χ1v) is 3.08. The van der Waals surface area contributed by atoms with Crippen LogP contribution in [0.1, 0.15) is 12.1 Å². The summed E-state index contributed by atoms with van der Waals surface area (Å²) in [6.45, 7) is 0. The number of aromatic amines is 1. The topological polar surface area (TPSA) is 84.9 Å². The minimum Gasteiger partial charge on any atom is -0.394 e. The van der Waals surface area contributed by atoms with Gasteiger partial charge in [-0.05, 0) is 0 Å². The molecule has 0 radical (unpaired) electrons. The molecule has 1 rings (SSSR count). The van der Waals surface area contributed by atoms with E-state index in [4.69, 9.17) is 11.5 Å². The Kier molecular flexibility index (Phi) is 1.99. The molecule has 0 bridgehead atoms. The fraction of sp³-hybridized carbons (Fsp3) is 0.167. The average molecular weight is 175 g/mol. The number of nitrogens with one attached hydrogen (secondary N) is 1. The molecule has 12 heavy (non-hydrogen) atoms. The van der Waals surface area contributed by atoms with Gasteiger partial charge in [0.2, 0.25) is 5.43 Å². The maximum Gasteiger partial charge on any atom is 0.280 e. The summed E-state index contributed by atoms with van der Waals surface area (Å²) in [6.07, 6.45) is -1.79. The zero-order valence-corrected chi connectivity index (χ0v) is 5.97. The van der Waals surface area contributed by atoms with Gasteiger partial charge >= 0.3 is 0 Å². The number of hydrogen-bond acceptors (Lipinski definition) is 3. The summed E-state index contributed by atoms with van der Waals surface area (Å²) < 4.78 is 24.1. The SMILES string of the molecule is Nc1c[nH]c(C(F)F)c(N)c1=O. The molecule has 0 aliphatic rings. The highest BCUT2D eigenvalue weighted by Crippen LogP contribution is 2.19. The van der Waals surface area contributed by atoms with Gasteiger partial charge in [-0.3, -0.25) is 4.79 Å². The average Bonchev–Trinajstić information content (AvgIpc) is 2.00. The molecular weight excluding hydrogens is 168 g/mol. The Morgan fingerprint density at radius 1 is 1.42 bits per heavy atom. The summed E-state index contributed by atoms with van der Waals surface area (Å²) in [4.78, 5) is 13.0. The van der Waals surface area contributed by atoms with Crippen molar-refractivity contribution >= 4 is 11.4 Å². The van der Waals surface area contributed by atoms with Crippen LogP contribution in [-0.2, 0) is 0 Å². The Morgan fingerprint density at radius 3 is 2.50 bits per heavy atom. The zero-order chi connectivity index (χ0) is 9.30. The molecule has 0 fully saturated rings. The lowest BCUT2D eigenvalue weighted by molar-refractivity contribution is 0.147. The van der Waals surface area contributed by atoms with E-state index in [2.05, 4.69) is 4.98 Å². The predicted molar refractivity (Wildman–Crippen MR) is 40.8 cm³/mol. The van der Waals surface area contributed by atoms with E-state index < -0.39 is 23.2 Å². The van der Waals surface area contributed by atoms with Crippen LogP contribution < -0.4 is 16.9 Å². The highest BCUT2D eigenvalue weighted by molar-refractivity contribution is 5.52. The van der Waals surface area contributed by atoms with Crippen LogP contribution in [0.4, 0.5) is 20.2 Å². The van der Waals surface area contributed by atoms with Crippen LogP contribution in [-0.4, -0.2) is 4.98 Å². The molecule has 0 aliphatic carbocycles. The number of hydrogen-bond donors (Lipinski definition) is 3. The molecule has 6 heteroatoms. The van der Waals surface area contributed by atoms with Crippen molar-refractivity contribution < 1.29 is 8.78 Å². The predicted octanol–water partition coefficient (Wildman–Crippen LogP) is 0.477. The number of halogens is 2. The fourth-order valence-corrected chi connectivity index (χ4v) is 0.757. The highest BCUT2D eigenvalue weighted by Gasteiger charge is 2.14. The maximum atomic E-state index is 12.0. The summed E-state index contributed by atoms with van der Waals surface area (Å²) >= 11 is 0. The van der Waals surface area contributed by atoms with Crippen molar-refractivity contribution in [3.05, 3.63) is 22.1 Å². The number of nitrogens with two attached hydrogens (primary N) is 2. The monoisotopic (exact) mass is 175 g/mol. The highest BCUT2D eigenvalue weighted by atomic mass is 19.3. The first kappa shape index (κ1) is 8.51. The Balaban J connectivity index is 3.37. The van der Waals surface area contributed by atoms with Crippen molar-refractivity contribution in [2.45, 2.75) is 6.43 Å². The molecule has 1 aromatic rings. The largest absolute Gasteiger partial charge is 0.394 e. The van der Waals surface area contributed by atoms with Gasteiger partial charge in [0.25, 0.3) is 6.43 Å². The second-order valence-electron chi connectivity index (χ2n) is 2.20. The van der Waals surface area contributed by atoms with Crippen molar-refractivity contribution in [1.82, 2.24) is 4.98 Å². The third kappa shape index (κ3) is 1.23. The quantitative estimate of drug-likeness (QED) is 0.580. The molecule has 4 nitrogen and oxygen atoms in total. The summed E-state index contributed by atoms with van der Waals surface area (Å²) in [7, 11) is 0. The molecule has 0 aromatic carbocycles. The summed E-state index contributed by atoms with van der Waals surface area (Å²) in [5.74, 6) is 0. The van der Waals surface area contributed by atoms with Gasteiger partial charge in [0.15, 0.2) is 0 Å². The number of alkyl halides is 2. The van der Waals surface area contributed by atoms with Crippen LogP contribution in [0.2, 0.25) is 0 Å². The Hall–Kier alpha value is -1.59. The standard InChI is InChI=1S/C6H7F2N3O/c7-6(8)4-3(10)5(12)2(9)1-11-4/h1,6H,9-10H2,(H,11,12). The molecule has 1 aromatic heterocycles. The van der Waals surface area contributed by atoms with Crippen molar-refractivity contribution in [1.29, 1.82) is 0 Å². The third-order valence-electron chi connectivity index (χ3n) is 1.40. The molecule has 0 aliphatic heterocycles. The number of aromatic nitrogens is 1. The van der Waals surface area contributed by atoms with E-state index in [0.717, 1.165) is 6.20 Å². The van der Waals surface area contributed by atoms with Crippen molar-refractivity contribution in [3.8, 4) is 0 Å². The minimum absolute atomic E-state index is 0.170. The van der Waals surface area contributed by atoms with Gasteiger partial charge in [0, 0.05) is 6.20 Å². The molecule has 1 heterocycles. The maximum absolute atomic E-state index is 12.0. The van der Waals surface area contributed by atoms with E-state index in [0.29, 0.717) is 0 Å². The van der Waals surface area contributed by atoms with Crippen LogP contribution in [0.15, 0.2) is 11.0 Å². The number of H-pyrrole nitrogens is 1. The van der Waals surface area contributed by atoms with Crippen LogP contribution in [0, 0.1) is 0 Å². The second-order valence-corrected chi connectivity index (χ2v) is 2.20. The first-order chi connectivity index (χ1) is 5.54. The number of anilines is 2. The van der Waals surface area contributed by atoms with E-state index in [-0.39, 0.29) is 5.69 Å². The van der Waals surface area contributed by atoms with E-state index in [1.807, 2.05) is 0 Å². The van der Waals surface area contributed by atoms with Gasteiger partial charge < -0.3 is 16.5 Å². The van der Waals surface area contributed by atoms with E-state index in [1.54, 1.807) is 0 Å². The minimum atomic E-state index is -2.79. The smallest absolute Gasteiger partial charge is 0.280 e. The summed E-state index contributed by atoms with van der Waals surface area (Å²) in [5.41, 5.74) is 8.16. The number of pyridine rings is 1.